The number of rotatable bonds is 7. The molecule has 0 atom stereocenters. The van der Waals surface area contributed by atoms with Gasteiger partial charge in [0, 0.05) is 12.1 Å². The summed E-state index contributed by atoms with van der Waals surface area (Å²) in [5.41, 5.74) is 8.97. The van der Waals surface area contributed by atoms with Gasteiger partial charge in [0.15, 0.2) is 0 Å². The molecule has 0 radical (unpaired) electrons. The van der Waals surface area contributed by atoms with Crippen molar-refractivity contribution < 1.29 is 9.47 Å². The maximum absolute atomic E-state index is 5.55. The normalized spacial score (nSPS) is 10.9. The topological polar surface area (TPSA) is 47.7 Å². The summed E-state index contributed by atoms with van der Waals surface area (Å²) >= 11 is 0. The van der Waals surface area contributed by atoms with Crippen molar-refractivity contribution >= 4 is 0 Å². The molecule has 0 heterocycles. The predicted molar refractivity (Wildman–Crippen MR) is 79.0 cm³/mol. The molecule has 0 amide bonds. The van der Waals surface area contributed by atoms with Crippen LogP contribution in [0.25, 0.3) is 0 Å². The van der Waals surface area contributed by atoms with E-state index < -0.39 is 0 Å². The smallest absolute Gasteiger partial charge is 0.126 e. The van der Waals surface area contributed by atoms with Crippen molar-refractivity contribution in [2.75, 3.05) is 34.4 Å². The van der Waals surface area contributed by atoms with Gasteiger partial charge in [0.05, 0.1) is 14.2 Å². The first-order valence-electron chi connectivity index (χ1n) is 6.64. The summed E-state index contributed by atoms with van der Waals surface area (Å²) in [7, 11) is 5.52. The van der Waals surface area contributed by atoms with Gasteiger partial charge in [-0.15, -0.1) is 0 Å². The molecule has 1 rings (SSSR count). The molecule has 108 valence electrons. The van der Waals surface area contributed by atoms with Gasteiger partial charge in [-0.1, -0.05) is 0 Å². The van der Waals surface area contributed by atoms with Gasteiger partial charge in [0.25, 0.3) is 0 Å². The van der Waals surface area contributed by atoms with E-state index in [0.29, 0.717) is 0 Å². The monoisotopic (exact) mass is 266 g/mol. The van der Waals surface area contributed by atoms with Gasteiger partial charge in [0.1, 0.15) is 11.5 Å². The van der Waals surface area contributed by atoms with Crippen LogP contribution in [-0.4, -0.2) is 39.3 Å². The van der Waals surface area contributed by atoms with E-state index in [1.807, 2.05) is 0 Å². The number of ether oxygens (including phenoxy) is 2. The zero-order valence-corrected chi connectivity index (χ0v) is 12.7. The van der Waals surface area contributed by atoms with Crippen molar-refractivity contribution in [3.63, 3.8) is 0 Å². The summed E-state index contributed by atoms with van der Waals surface area (Å²) in [4.78, 5) is 2.25. The quantitative estimate of drug-likeness (QED) is 0.821. The molecule has 0 saturated heterocycles. The number of methoxy groups -OCH3 is 2. The fraction of sp³-hybridized carbons (Fsp3) is 0.600. The SMILES string of the molecule is COc1cc(CN(C)CCCN)c(OC)c(C)c1C. The molecule has 4 heteroatoms. The number of benzene rings is 1. The average Bonchev–Trinajstić information content (AvgIpc) is 2.40. The van der Waals surface area contributed by atoms with Crippen LogP contribution in [0.3, 0.4) is 0 Å². The second-order valence-corrected chi connectivity index (χ2v) is 4.90. The molecule has 0 aliphatic rings. The van der Waals surface area contributed by atoms with E-state index in [0.717, 1.165) is 54.2 Å². The molecule has 2 N–H and O–H groups in total. The van der Waals surface area contributed by atoms with Crippen LogP contribution in [0.4, 0.5) is 0 Å². The second kappa shape index (κ2) is 7.36. The number of nitrogens with zero attached hydrogens (tertiary/aromatic N) is 1. The van der Waals surface area contributed by atoms with Crippen LogP contribution in [0, 0.1) is 13.8 Å². The highest BCUT2D eigenvalue weighted by molar-refractivity contribution is 5.52. The van der Waals surface area contributed by atoms with Crippen LogP contribution in [0.15, 0.2) is 6.07 Å². The van der Waals surface area contributed by atoms with E-state index in [9.17, 15) is 0 Å². The maximum atomic E-state index is 5.55. The van der Waals surface area contributed by atoms with Gasteiger partial charge in [-0.25, -0.2) is 0 Å². The van der Waals surface area contributed by atoms with Gasteiger partial charge in [-0.2, -0.15) is 0 Å². The zero-order valence-electron chi connectivity index (χ0n) is 12.7. The predicted octanol–water partition coefficient (Wildman–Crippen LogP) is 2.10. The molecule has 1 aromatic rings. The molecule has 0 unspecified atom stereocenters. The Bertz CT molecular complexity index is 419. The number of hydrogen-bond acceptors (Lipinski definition) is 4. The van der Waals surface area contributed by atoms with Crippen molar-refractivity contribution in [1.82, 2.24) is 4.90 Å². The molecule has 0 saturated carbocycles. The Morgan fingerprint density at radius 2 is 1.84 bits per heavy atom. The lowest BCUT2D eigenvalue weighted by Crippen LogP contribution is -2.22. The van der Waals surface area contributed by atoms with E-state index in [-0.39, 0.29) is 0 Å². The highest BCUT2D eigenvalue weighted by Gasteiger charge is 2.14. The largest absolute Gasteiger partial charge is 0.496 e. The molecule has 0 aromatic heterocycles. The third kappa shape index (κ3) is 3.85. The van der Waals surface area contributed by atoms with Crippen LogP contribution in [0.5, 0.6) is 11.5 Å². The Morgan fingerprint density at radius 1 is 1.16 bits per heavy atom. The van der Waals surface area contributed by atoms with E-state index >= 15 is 0 Å². The summed E-state index contributed by atoms with van der Waals surface area (Å²) in [5, 5.41) is 0. The Morgan fingerprint density at radius 3 is 2.37 bits per heavy atom. The van der Waals surface area contributed by atoms with Gasteiger partial charge in [0.2, 0.25) is 0 Å². The Hall–Kier alpha value is -1.26. The lowest BCUT2D eigenvalue weighted by Gasteiger charge is -2.21. The van der Waals surface area contributed by atoms with Gasteiger partial charge in [-0.3, -0.25) is 0 Å². The molecular weight excluding hydrogens is 240 g/mol. The molecule has 1 aromatic carbocycles. The Balaban J connectivity index is 3.01. The fourth-order valence-electron chi connectivity index (χ4n) is 2.27. The lowest BCUT2D eigenvalue weighted by molar-refractivity contribution is 0.313. The van der Waals surface area contributed by atoms with Crippen molar-refractivity contribution in [3.05, 3.63) is 22.8 Å². The minimum atomic E-state index is 0.720. The van der Waals surface area contributed by atoms with E-state index in [4.69, 9.17) is 15.2 Å². The lowest BCUT2D eigenvalue weighted by atomic mass is 10.0. The van der Waals surface area contributed by atoms with Crippen molar-refractivity contribution in [2.45, 2.75) is 26.8 Å². The highest BCUT2D eigenvalue weighted by Crippen LogP contribution is 2.33. The number of nitrogens with two attached hydrogens (primary N) is 1. The molecule has 0 bridgehead atoms. The Kier molecular flexibility index (Phi) is 6.12. The van der Waals surface area contributed by atoms with Crippen molar-refractivity contribution in [3.8, 4) is 11.5 Å². The molecule has 19 heavy (non-hydrogen) atoms. The average molecular weight is 266 g/mol. The maximum Gasteiger partial charge on any atom is 0.126 e. The Labute approximate surface area is 116 Å². The second-order valence-electron chi connectivity index (χ2n) is 4.90. The van der Waals surface area contributed by atoms with Crippen LogP contribution in [0.1, 0.15) is 23.1 Å². The van der Waals surface area contributed by atoms with Crippen LogP contribution in [-0.2, 0) is 6.54 Å². The van der Waals surface area contributed by atoms with Crippen molar-refractivity contribution in [1.29, 1.82) is 0 Å². The highest BCUT2D eigenvalue weighted by atomic mass is 16.5. The van der Waals surface area contributed by atoms with E-state index in [1.165, 1.54) is 0 Å². The standard InChI is InChI=1S/C15H26N2O2/c1-11-12(2)15(19-5)13(9-14(11)18-4)10-17(3)8-6-7-16/h9H,6-8,10,16H2,1-5H3. The molecule has 0 aliphatic carbocycles. The van der Waals surface area contributed by atoms with E-state index in [2.05, 4.69) is 31.9 Å². The summed E-state index contributed by atoms with van der Waals surface area (Å²) < 4.78 is 11.0. The minimum absolute atomic E-state index is 0.720. The summed E-state index contributed by atoms with van der Waals surface area (Å²) in [6.45, 7) is 6.66. The minimum Gasteiger partial charge on any atom is -0.496 e. The van der Waals surface area contributed by atoms with Crippen molar-refractivity contribution in [2.24, 2.45) is 5.73 Å². The summed E-state index contributed by atoms with van der Waals surface area (Å²) in [5.74, 6) is 1.87. The first kappa shape index (κ1) is 15.8. The summed E-state index contributed by atoms with van der Waals surface area (Å²) in [6, 6.07) is 2.07. The van der Waals surface area contributed by atoms with Gasteiger partial charge >= 0.3 is 0 Å². The van der Waals surface area contributed by atoms with Crippen LogP contribution in [0.2, 0.25) is 0 Å². The number of hydrogen-bond donors (Lipinski definition) is 1. The van der Waals surface area contributed by atoms with E-state index in [1.54, 1.807) is 14.2 Å². The first-order valence-corrected chi connectivity index (χ1v) is 6.64. The molecular formula is C15H26N2O2. The first-order chi connectivity index (χ1) is 9.04. The fourth-order valence-corrected chi connectivity index (χ4v) is 2.27. The molecule has 0 fully saturated rings. The van der Waals surface area contributed by atoms with Gasteiger partial charge in [-0.05, 0) is 57.6 Å². The van der Waals surface area contributed by atoms with Crippen LogP contribution >= 0.6 is 0 Å². The molecule has 4 nitrogen and oxygen atoms in total. The summed E-state index contributed by atoms with van der Waals surface area (Å²) in [6.07, 6.45) is 1.00. The zero-order chi connectivity index (χ0) is 14.4. The third-order valence-electron chi connectivity index (χ3n) is 3.48. The van der Waals surface area contributed by atoms with Crippen LogP contribution < -0.4 is 15.2 Å². The van der Waals surface area contributed by atoms with Gasteiger partial charge < -0.3 is 20.1 Å². The molecule has 0 spiro atoms. The third-order valence-corrected chi connectivity index (χ3v) is 3.48. The molecule has 0 aliphatic heterocycles.